The van der Waals surface area contributed by atoms with Crippen LogP contribution in [0.3, 0.4) is 0 Å². The Bertz CT molecular complexity index is 691. The van der Waals surface area contributed by atoms with Crippen molar-refractivity contribution in [1.82, 2.24) is 9.78 Å². The normalized spacial score (nSPS) is 11.2. The van der Waals surface area contributed by atoms with Gasteiger partial charge in [-0.1, -0.05) is 30.3 Å². The second-order valence-electron chi connectivity index (χ2n) is 4.20. The number of nitrogens with zero attached hydrogens (tertiary/aromatic N) is 2. The highest BCUT2D eigenvalue weighted by Gasteiger charge is 2.37. The molecule has 1 aromatic heterocycles. The summed E-state index contributed by atoms with van der Waals surface area (Å²) < 4.78 is 37.8. The number of aromatic nitrogens is 2. The highest BCUT2D eigenvalue weighted by molar-refractivity contribution is 5.85. The second kappa shape index (κ2) is 5.78. The zero-order chi connectivity index (χ0) is 15.5. The van der Waals surface area contributed by atoms with Gasteiger partial charge in [0.05, 0.1) is 0 Å². The van der Waals surface area contributed by atoms with Gasteiger partial charge in [-0.05, 0) is 17.7 Å². The van der Waals surface area contributed by atoms with Crippen molar-refractivity contribution < 1.29 is 13.2 Å². The van der Waals surface area contributed by atoms with E-state index in [9.17, 15) is 13.2 Å². The van der Waals surface area contributed by atoms with E-state index in [4.69, 9.17) is 10.8 Å². The average Bonchev–Trinajstić information content (AvgIpc) is 2.46. The molecule has 0 aliphatic heterocycles. The van der Waals surface area contributed by atoms with Gasteiger partial charge in [-0.2, -0.15) is 17.9 Å². The molecule has 1 heterocycles. The molecule has 0 bridgehead atoms. The standard InChI is InChI=1S/C13H12F3N5/c14-13(15,16)12(18)21-10(17)6-7-11(20-21)19-8-9-4-2-1-3-5-9/h1-7,17-18H,8H2,(H,19,20). The molecule has 0 radical (unpaired) electrons. The third-order valence-electron chi connectivity index (χ3n) is 2.63. The first kappa shape index (κ1) is 14.8. The van der Waals surface area contributed by atoms with Gasteiger partial charge < -0.3 is 5.32 Å². The molecule has 0 saturated carbocycles. The van der Waals surface area contributed by atoms with E-state index in [0.29, 0.717) is 6.54 Å². The zero-order valence-electron chi connectivity index (χ0n) is 10.8. The van der Waals surface area contributed by atoms with E-state index >= 15 is 0 Å². The van der Waals surface area contributed by atoms with Crippen LogP contribution in [0.4, 0.5) is 19.0 Å². The van der Waals surface area contributed by atoms with Crippen molar-refractivity contribution in [3.63, 3.8) is 0 Å². The van der Waals surface area contributed by atoms with E-state index in [1.165, 1.54) is 6.07 Å². The van der Waals surface area contributed by atoms with Crippen molar-refractivity contribution in [1.29, 1.82) is 10.8 Å². The van der Waals surface area contributed by atoms with Crippen LogP contribution in [-0.4, -0.2) is 21.8 Å². The number of benzene rings is 1. The van der Waals surface area contributed by atoms with Gasteiger partial charge in [-0.3, -0.25) is 10.8 Å². The fraction of sp³-hybridized carbons (Fsp3) is 0.154. The van der Waals surface area contributed by atoms with Crippen LogP contribution in [0.1, 0.15) is 5.56 Å². The van der Waals surface area contributed by atoms with Crippen molar-refractivity contribution in [2.75, 3.05) is 5.32 Å². The molecule has 2 rings (SSSR count). The van der Waals surface area contributed by atoms with Crippen molar-refractivity contribution in [2.45, 2.75) is 12.7 Å². The molecule has 5 nitrogen and oxygen atoms in total. The quantitative estimate of drug-likeness (QED) is 0.600. The fourth-order valence-corrected chi connectivity index (χ4v) is 1.60. The molecule has 1 aromatic carbocycles. The summed E-state index contributed by atoms with van der Waals surface area (Å²) >= 11 is 0. The number of rotatable bonds is 3. The molecule has 8 heteroatoms. The summed E-state index contributed by atoms with van der Waals surface area (Å²) in [5, 5.41) is 20.9. The van der Waals surface area contributed by atoms with Gasteiger partial charge in [-0.15, -0.1) is 5.10 Å². The SMILES string of the molecule is N=C(n1nc(NCc2ccccc2)ccc1=N)C(F)(F)F. The molecule has 21 heavy (non-hydrogen) atoms. The fourth-order valence-electron chi connectivity index (χ4n) is 1.60. The molecule has 0 saturated heterocycles. The van der Waals surface area contributed by atoms with E-state index in [1.54, 1.807) is 0 Å². The first-order valence-corrected chi connectivity index (χ1v) is 5.97. The van der Waals surface area contributed by atoms with E-state index in [2.05, 4.69) is 10.4 Å². The maximum atomic E-state index is 12.5. The summed E-state index contributed by atoms with van der Waals surface area (Å²) in [7, 11) is 0. The summed E-state index contributed by atoms with van der Waals surface area (Å²) in [5.74, 6) is -1.54. The van der Waals surface area contributed by atoms with E-state index < -0.39 is 17.5 Å². The molecule has 3 N–H and O–H groups in total. The molecule has 0 amide bonds. The monoisotopic (exact) mass is 295 g/mol. The minimum Gasteiger partial charge on any atom is -0.365 e. The van der Waals surface area contributed by atoms with Crippen LogP contribution < -0.4 is 10.8 Å². The summed E-state index contributed by atoms with van der Waals surface area (Å²) in [4.78, 5) is 0. The summed E-state index contributed by atoms with van der Waals surface area (Å²) in [6.07, 6.45) is -4.86. The Kier molecular flexibility index (Phi) is 4.06. The largest absolute Gasteiger partial charge is 0.451 e. The lowest BCUT2D eigenvalue weighted by molar-refractivity contribution is -0.0632. The van der Waals surface area contributed by atoms with Gasteiger partial charge >= 0.3 is 6.18 Å². The Hall–Kier alpha value is -2.64. The molecule has 0 unspecified atom stereocenters. The van der Waals surface area contributed by atoms with Gasteiger partial charge in [0.1, 0.15) is 11.3 Å². The highest BCUT2D eigenvalue weighted by atomic mass is 19.4. The van der Waals surface area contributed by atoms with Crippen LogP contribution in [0.5, 0.6) is 0 Å². The lowest BCUT2D eigenvalue weighted by Crippen LogP contribution is -2.38. The number of nitrogens with one attached hydrogen (secondary N) is 3. The number of alkyl halides is 3. The maximum Gasteiger partial charge on any atom is 0.451 e. The third-order valence-corrected chi connectivity index (χ3v) is 2.63. The van der Waals surface area contributed by atoms with Crippen LogP contribution in [0.15, 0.2) is 42.5 Å². The van der Waals surface area contributed by atoms with E-state index in [0.717, 1.165) is 11.6 Å². The molecule has 110 valence electrons. The second-order valence-corrected chi connectivity index (χ2v) is 4.20. The molecular weight excluding hydrogens is 283 g/mol. The van der Waals surface area contributed by atoms with E-state index in [1.807, 2.05) is 30.3 Å². The van der Waals surface area contributed by atoms with Crippen LogP contribution in [0, 0.1) is 10.8 Å². The Morgan fingerprint density at radius 2 is 1.81 bits per heavy atom. The Morgan fingerprint density at radius 1 is 1.14 bits per heavy atom. The van der Waals surface area contributed by atoms with Gasteiger partial charge in [0.15, 0.2) is 0 Å². The van der Waals surface area contributed by atoms with Gasteiger partial charge in [0.2, 0.25) is 5.84 Å². The smallest absolute Gasteiger partial charge is 0.365 e. The molecule has 0 atom stereocenters. The van der Waals surface area contributed by atoms with Crippen LogP contribution >= 0.6 is 0 Å². The van der Waals surface area contributed by atoms with Crippen molar-refractivity contribution >= 4 is 11.7 Å². The Balaban J connectivity index is 2.19. The molecular formula is C13H12F3N5. The number of halogens is 3. The Labute approximate surface area is 118 Å². The number of hydrogen-bond donors (Lipinski definition) is 3. The predicted molar refractivity (Wildman–Crippen MR) is 71.0 cm³/mol. The third kappa shape index (κ3) is 3.68. The predicted octanol–water partition coefficient (Wildman–Crippen LogP) is 2.36. The van der Waals surface area contributed by atoms with Gasteiger partial charge in [-0.25, -0.2) is 0 Å². The average molecular weight is 295 g/mol. The van der Waals surface area contributed by atoms with E-state index in [-0.39, 0.29) is 10.5 Å². The minimum atomic E-state index is -4.86. The first-order valence-electron chi connectivity index (χ1n) is 5.97. The minimum absolute atomic E-state index is 0.156. The van der Waals surface area contributed by atoms with Crippen LogP contribution in [0.25, 0.3) is 0 Å². The summed E-state index contributed by atoms with van der Waals surface area (Å²) in [6.45, 7) is 0.380. The van der Waals surface area contributed by atoms with Crippen LogP contribution in [0.2, 0.25) is 0 Å². The molecule has 0 aliphatic rings. The highest BCUT2D eigenvalue weighted by Crippen LogP contribution is 2.16. The molecule has 0 fully saturated rings. The summed E-state index contributed by atoms with van der Waals surface area (Å²) in [6, 6.07) is 11.8. The number of hydrogen-bond acceptors (Lipinski definition) is 4. The first-order chi connectivity index (χ1) is 9.88. The van der Waals surface area contributed by atoms with Gasteiger partial charge in [0.25, 0.3) is 0 Å². The number of anilines is 1. The molecule has 2 aromatic rings. The topological polar surface area (TPSA) is 77.6 Å². The Morgan fingerprint density at radius 3 is 2.43 bits per heavy atom. The molecule has 0 aliphatic carbocycles. The lowest BCUT2D eigenvalue weighted by Gasteiger charge is -2.12. The summed E-state index contributed by atoms with van der Waals surface area (Å²) in [5.41, 5.74) is 0.425. The van der Waals surface area contributed by atoms with Crippen LogP contribution in [-0.2, 0) is 6.54 Å². The van der Waals surface area contributed by atoms with Crippen molar-refractivity contribution in [3.8, 4) is 0 Å². The van der Waals surface area contributed by atoms with Crippen molar-refractivity contribution in [2.24, 2.45) is 0 Å². The molecule has 0 spiro atoms. The van der Waals surface area contributed by atoms with Gasteiger partial charge in [0, 0.05) is 6.54 Å². The van der Waals surface area contributed by atoms with Crippen molar-refractivity contribution in [3.05, 3.63) is 53.5 Å². The zero-order valence-corrected chi connectivity index (χ0v) is 10.8. The maximum absolute atomic E-state index is 12.5. The lowest BCUT2D eigenvalue weighted by atomic mass is 10.2.